The van der Waals surface area contributed by atoms with Gasteiger partial charge in [0.05, 0.1) is 23.0 Å². The largest absolute Gasteiger partial charge is 0.397 e. The lowest BCUT2D eigenvalue weighted by atomic mass is 9.98. The molecule has 0 aromatic heterocycles. The van der Waals surface area contributed by atoms with E-state index in [2.05, 4.69) is 0 Å². The van der Waals surface area contributed by atoms with Crippen LogP contribution in [0, 0.1) is 11.7 Å². The van der Waals surface area contributed by atoms with Gasteiger partial charge in [0.25, 0.3) is 0 Å². The summed E-state index contributed by atoms with van der Waals surface area (Å²) in [5.74, 6) is -0.00346. The molecule has 0 amide bonds. The molecule has 18 heavy (non-hydrogen) atoms. The number of nitrogens with two attached hydrogens (primary N) is 1. The Labute approximate surface area is 112 Å². The number of ether oxygens (including phenoxy) is 1. The van der Waals surface area contributed by atoms with Crippen molar-refractivity contribution in [2.45, 2.75) is 12.8 Å². The lowest BCUT2D eigenvalue weighted by Gasteiger charge is -2.35. The number of hydrogen-bond donors (Lipinski definition) is 1. The number of piperidine rings is 1. The van der Waals surface area contributed by atoms with Crippen LogP contribution in [0.5, 0.6) is 0 Å². The van der Waals surface area contributed by atoms with Crippen LogP contribution in [0.3, 0.4) is 0 Å². The fourth-order valence-corrected chi connectivity index (χ4v) is 2.67. The van der Waals surface area contributed by atoms with Gasteiger partial charge < -0.3 is 15.4 Å². The summed E-state index contributed by atoms with van der Waals surface area (Å²) < 4.78 is 19.2. The molecule has 1 aromatic rings. The van der Waals surface area contributed by atoms with Gasteiger partial charge in [-0.1, -0.05) is 11.6 Å². The number of nitrogen functional groups attached to an aromatic ring is 1. The van der Waals surface area contributed by atoms with E-state index in [1.54, 1.807) is 13.2 Å². The highest BCUT2D eigenvalue weighted by Crippen LogP contribution is 2.34. The Kier molecular flexibility index (Phi) is 4.30. The highest BCUT2D eigenvalue weighted by Gasteiger charge is 2.24. The smallest absolute Gasteiger partial charge is 0.167 e. The van der Waals surface area contributed by atoms with Crippen LogP contribution < -0.4 is 10.6 Å². The van der Waals surface area contributed by atoms with E-state index in [1.165, 1.54) is 6.07 Å². The third-order valence-corrected chi connectivity index (χ3v) is 3.63. The van der Waals surface area contributed by atoms with Crippen LogP contribution in [0.2, 0.25) is 5.02 Å². The Hall–Kier alpha value is -1.000. The second-order valence-corrected chi connectivity index (χ2v) is 5.12. The molecule has 0 bridgehead atoms. The molecular formula is C13H18ClFN2O. The van der Waals surface area contributed by atoms with Crippen molar-refractivity contribution in [1.29, 1.82) is 0 Å². The fourth-order valence-electron chi connectivity index (χ4n) is 2.52. The zero-order valence-electron chi connectivity index (χ0n) is 10.5. The maximum Gasteiger partial charge on any atom is 0.167 e. The molecule has 0 saturated carbocycles. The molecule has 1 aliphatic rings. The van der Waals surface area contributed by atoms with Crippen molar-refractivity contribution in [3.8, 4) is 0 Å². The van der Waals surface area contributed by atoms with Crippen LogP contribution in [-0.2, 0) is 4.74 Å². The van der Waals surface area contributed by atoms with Crippen molar-refractivity contribution < 1.29 is 9.13 Å². The Bertz CT molecular complexity index is 426. The van der Waals surface area contributed by atoms with Crippen molar-refractivity contribution in [2.24, 2.45) is 5.92 Å². The maximum atomic E-state index is 14.1. The van der Waals surface area contributed by atoms with Crippen molar-refractivity contribution >= 4 is 23.0 Å². The molecule has 1 saturated heterocycles. The topological polar surface area (TPSA) is 38.5 Å². The molecule has 1 unspecified atom stereocenters. The van der Waals surface area contributed by atoms with Crippen LogP contribution in [0.1, 0.15) is 12.8 Å². The number of nitrogens with zero attached hydrogens (tertiary/aromatic N) is 1. The number of benzene rings is 1. The van der Waals surface area contributed by atoms with Gasteiger partial charge in [0.15, 0.2) is 5.82 Å². The molecule has 1 aromatic carbocycles. The Balaban J connectivity index is 2.23. The van der Waals surface area contributed by atoms with Gasteiger partial charge in [-0.05, 0) is 30.9 Å². The fraction of sp³-hybridized carbons (Fsp3) is 0.538. The van der Waals surface area contributed by atoms with Gasteiger partial charge in [-0.25, -0.2) is 4.39 Å². The minimum Gasteiger partial charge on any atom is -0.397 e. The van der Waals surface area contributed by atoms with E-state index in [-0.39, 0.29) is 5.02 Å². The molecule has 0 radical (unpaired) electrons. The molecule has 1 aliphatic heterocycles. The van der Waals surface area contributed by atoms with Crippen molar-refractivity contribution in [3.63, 3.8) is 0 Å². The second kappa shape index (κ2) is 5.76. The van der Waals surface area contributed by atoms with Crippen LogP contribution >= 0.6 is 11.6 Å². The molecule has 0 aliphatic carbocycles. The maximum absolute atomic E-state index is 14.1. The third-order valence-electron chi connectivity index (χ3n) is 3.34. The van der Waals surface area contributed by atoms with E-state index in [9.17, 15) is 4.39 Å². The Morgan fingerprint density at radius 2 is 2.33 bits per heavy atom. The van der Waals surface area contributed by atoms with E-state index in [1.807, 2.05) is 4.90 Å². The van der Waals surface area contributed by atoms with Gasteiger partial charge in [0.1, 0.15) is 0 Å². The summed E-state index contributed by atoms with van der Waals surface area (Å²) in [7, 11) is 1.69. The molecule has 1 atom stereocenters. The zero-order valence-corrected chi connectivity index (χ0v) is 11.2. The molecule has 1 heterocycles. The Morgan fingerprint density at radius 1 is 1.56 bits per heavy atom. The molecule has 2 N–H and O–H groups in total. The predicted molar refractivity (Wildman–Crippen MR) is 72.6 cm³/mol. The highest BCUT2D eigenvalue weighted by molar-refractivity contribution is 6.31. The first kappa shape index (κ1) is 13.4. The number of hydrogen-bond acceptors (Lipinski definition) is 3. The summed E-state index contributed by atoms with van der Waals surface area (Å²) in [6, 6.07) is 3.15. The van der Waals surface area contributed by atoms with Crippen LogP contribution in [0.4, 0.5) is 15.8 Å². The van der Waals surface area contributed by atoms with E-state index >= 15 is 0 Å². The van der Waals surface area contributed by atoms with Gasteiger partial charge in [0, 0.05) is 20.2 Å². The van der Waals surface area contributed by atoms with E-state index in [4.69, 9.17) is 22.1 Å². The number of methoxy groups -OCH3 is 1. The normalized spacial score (nSPS) is 20.2. The molecule has 100 valence electrons. The molecular weight excluding hydrogens is 255 g/mol. The Morgan fingerprint density at radius 3 is 3.06 bits per heavy atom. The van der Waals surface area contributed by atoms with Gasteiger partial charge in [-0.15, -0.1) is 0 Å². The summed E-state index contributed by atoms with van der Waals surface area (Å²) in [4.78, 5) is 1.98. The van der Waals surface area contributed by atoms with Crippen LogP contribution in [-0.4, -0.2) is 26.8 Å². The molecule has 5 heteroatoms. The number of anilines is 2. The molecule has 3 nitrogen and oxygen atoms in total. The zero-order chi connectivity index (χ0) is 13.1. The first-order valence-electron chi connectivity index (χ1n) is 6.11. The number of halogens is 2. The van der Waals surface area contributed by atoms with Gasteiger partial charge in [-0.3, -0.25) is 0 Å². The van der Waals surface area contributed by atoms with Crippen molar-refractivity contribution in [1.82, 2.24) is 0 Å². The minimum absolute atomic E-state index is 0.119. The van der Waals surface area contributed by atoms with Crippen LogP contribution in [0.15, 0.2) is 12.1 Å². The minimum atomic E-state index is -0.422. The average Bonchev–Trinajstić information content (AvgIpc) is 2.35. The van der Waals surface area contributed by atoms with E-state index in [0.717, 1.165) is 25.9 Å². The van der Waals surface area contributed by atoms with Crippen molar-refractivity contribution in [2.75, 3.05) is 37.4 Å². The lowest BCUT2D eigenvalue weighted by molar-refractivity contribution is 0.143. The van der Waals surface area contributed by atoms with Crippen molar-refractivity contribution in [3.05, 3.63) is 23.0 Å². The SMILES string of the molecule is COCC1CCCN(c2c(N)ccc(Cl)c2F)C1. The van der Waals surface area contributed by atoms with Crippen LogP contribution in [0.25, 0.3) is 0 Å². The molecule has 1 fully saturated rings. The monoisotopic (exact) mass is 272 g/mol. The number of rotatable bonds is 3. The van der Waals surface area contributed by atoms with Gasteiger partial charge in [0.2, 0.25) is 0 Å². The molecule has 0 spiro atoms. The standard InChI is InChI=1S/C13H18ClFN2O/c1-18-8-9-3-2-6-17(7-9)13-11(16)5-4-10(14)12(13)15/h4-5,9H,2-3,6-8,16H2,1H3. The summed E-state index contributed by atoms with van der Waals surface area (Å²) in [5, 5.41) is 0.119. The summed E-state index contributed by atoms with van der Waals surface area (Å²) >= 11 is 5.82. The second-order valence-electron chi connectivity index (χ2n) is 4.71. The lowest BCUT2D eigenvalue weighted by Crippen LogP contribution is -2.38. The summed E-state index contributed by atoms with van der Waals surface area (Å²) in [5.41, 5.74) is 6.74. The summed E-state index contributed by atoms with van der Waals surface area (Å²) in [6.07, 6.45) is 2.12. The third kappa shape index (κ3) is 2.70. The van der Waals surface area contributed by atoms with Gasteiger partial charge >= 0.3 is 0 Å². The quantitative estimate of drug-likeness (QED) is 0.860. The van der Waals surface area contributed by atoms with E-state index < -0.39 is 5.82 Å². The average molecular weight is 273 g/mol. The first-order chi connectivity index (χ1) is 8.63. The van der Waals surface area contributed by atoms with Gasteiger partial charge in [-0.2, -0.15) is 0 Å². The summed E-state index contributed by atoms with van der Waals surface area (Å²) in [6.45, 7) is 2.26. The first-order valence-corrected chi connectivity index (χ1v) is 6.48. The predicted octanol–water partition coefficient (Wildman–Crippen LogP) is 2.92. The van der Waals surface area contributed by atoms with E-state index in [0.29, 0.717) is 23.9 Å². The highest BCUT2D eigenvalue weighted by atomic mass is 35.5. The molecule has 2 rings (SSSR count).